The van der Waals surface area contributed by atoms with Gasteiger partial charge < -0.3 is 25.3 Å². The highest BCUT2D eigenvalue weighted by atomic mass is 16.5. The van der Waals surface area contributed by atoms with Gasteiger partial charge in [0, 0.05) is 17.3 Å². The summed E-state index contributed by atoms with van der Waals surface area (Å²) in [7, 11) is 3.20. The maximum atomic E-state index is 6.04. The van der Waals surface area contributed by atoms with Crippen LogP contribution in [-0.2, 0) is 6.54 Å². The van der Waals surface area contributed by atoms with Crippen molar-refractivity contribution in [2.75, 3.05) is 19.5 Å². The molecule has 0 aliphatic carbocycles. The van der Waals surface area contributed by atoms with Crippen LogP contribution in [0.5, 0.6) is 23.0 Å². The van der Waals surface area contributed by atoms with E-state index in [0.717, 1.165) is 17.0 Å². The molecule has 0 spiro atoms. The normalized spacial score (nSPS) is 11.0. The van der Waals surface area contributed by atoms with Crippen LogP contribution in [0.1, 0.15) is 5.56 Å². The summed E-state index contributed by atoms with van der Waals surface area (Å²) >= 11 is 0. The Hall–Kier alpha value is -3.67. The molecule has 0 amide bonds. The van der Waals surface area contributed by atoms with E-state index in [1.165, 1.54) is 0 Å². The van der Waals surface area contributed by atoms with Crippen LogP contribution in [0.2, 0.25) is 0 Å². The van der Waals surface area contributed by atoms with Crippen LogP contribution < -0.4 is 25.3 Å². The lowest BCUT2D eigenvalue weighted by molar-refractivity contribution is 0.352. The number of anilines is 1. The average molecular weight is 377 g/mol. The second-order valence-electron chi connectivity index (χ2n) is 5.92. The van der Waals surface area contributed by atoms with E-state index in [9.17, 15) is 0 Å². The van der Waals surface area contributed by atoms with Crippen LogP contribution >= 0.6 is 0 Å². The van der Waals surface area contributed by atoms with Gasteiger partial charge in [0.1, 0.15) is 11.5 Å². The van der Waals surface area contributed by atoms with Crippen molar-refractivity contribution in [1.82, 2.24) is 0 Å². The first-order valence-electron chi connectivity index (χ1n) is 8.79. The quantitative estimate of drug-likeness (QED) is 0.471. The van der Waals surface area contributed by atoms with Crippen molar-refractivity contribution < 1.29 is 14.2 Å². The summed E-state index contributed by atoms with van der Waals surface area (Å²) in [6.07, 6.45) is 0. The molecule has 0 aliphatic rings. The van der Waals surface area contributed by atoms with Gasteiger partial charge in [0.2, 0.25) is 0 Å². The second-order valence-corrected chi connectivity index (χ2v) is 5.92. The molecule has 0 radical (unpaired) electrons. The first-order chi connectivity index (χ1) is 13.7. The zero-order valence-electron chi connectivity index (χ0n) is 15.9. The van der Waals surface area contributed by atoms with Gasteiger partial charge in [0.05, 0.1) is 20.8 Å². The van der Waals surface area contributed by atoms with Crippen LogP contribution in [0.25, 0.3) is 0 Å². The minimum absolute atomic E-state index is 0.293. The Morgan fingerprint density at radius 3 is 2.39 bits per heavy atom. The van der Waals surface area contributed by atoms with Gasteiger partial charge in [-0.2, -0.15) is 0 Å². The highest BCUT2D eigenvalue weighted by molar-refractivity contribution is 5.92. The minimum atomic E-state index is 0.293. The Morgan fingerprint density at radius 1 is 0.893 bits per heavy atom. The largest absolute Gasteiger partial charge is 0.493 e. The zero-order chi connectivity index (χ0) is 19.8. The highest BCUT2D eigenvalue weighted by Gasteiger charge is 2.09. The number of hydrogen-bond acceptors (Lipinski definition) is 4. The lowest BCUT2D eigenvalue weighted by Crippen LogP contribution is -2.22. The molecular weight excluding hydrogens is 354 g/mol. The van der Waals surface area contributed by atoms with Gasteiger partial charge in [0.25, 0.3) is 0 Å². The maximum absolute atomic E-state index is 6.04. The number of aliphatic imine (C=N–C) groups is 1. The van der Waals surface area contributed by atoms with Crippen LogP contribution in [0.15, 0.2) is 77.8 Å². The molecule has 3 rings (SSSR count). The molecule has 28 heavy (non-hydrogen) atoms. The Balaban J connectivity index is 1.68. The number of nitrogens with zero attached hydrogens (tertiary/aromatic N) is 1. The molecule has 0 aromatic heterocycles. The predicted octanol–water partition coefficient (Wildman–Crippen LogP) is 4.42. The first-order valence-corrected chi connectivity index (χ1v) is 8.79. The predicted molar refractivity (Wildman–Crippen MR) is 111 cm³/mol. The number of nitrogens with two attached hydrogens (primary N) is 1. The van der Waals surface area contributed by atoms with Gasteiger partial charge in [-0.1, -0.05) is 36.4 Å². The van der Waals surface area contributed by atoms with E-state index in [0.29, 0.717) is 29.8 Å². The molecule has 0 saturated heterocycles. The van der Waals surface area contributed by atoms with E-state index in [1.807, 2.05) is 72.8 Å². The summed E-state index contributed by atoms with van der Waals surface area (Å²) in [5.41, 5.74) is 7.71. The summed E-state index contributed by atoms with van der Waals surface area (Å²) in [4.78, 5) is 4.39. The lowest BCUT2D eigenvalue weighted by Gasteiger charge is -2.12. The average Bonchev–Trinajstić information content (AvgIpc) is 2.72. The number of ether oxygens (including phenoxy) is 3. The van der Waals surface area contributed by atoms with Crippen molar-refractivity contribution in [3.8, 4) is 23.0 Å². The van der Waals surface area contributed by atoms with E-state index in [-0.39, 0.29) is 0 Å². The standard InChI is InChI=1S/C22H23N3O3/c1-26-20-13-6-8-16(21(20)27-2)15-24-22(23)25-17-9-7-12-19(14-17)28-18-10-4-3-5-11-18/h3-14H,15H2,1-2H3,(H3,23,24,25). The molecule has 0 heterocycles. The molecule has 0 fully saturated rings. The van der Waals surface area contributed by atoms with Crippen molar-refractivity contribution in [1.29, 1.82) is 0 Å². The maximum Gasteiger partial charge on any atom is 0.193 e. The third-order valence-electron chi connectivity index (χ3n) is 3.99. The first kappa shape index (κ1) is 19.1. The molecule has 6 heteroatoms. The van der Waals surface area contributed by atoms with Crippen LogP contribution in [-0.4, -0.2) is 20.2 Å². The SMILES string of the molecule is COc1cccc(CN=C(N)Nc2cccc(Oc3ccccc3)c2)c1OC. The number of guanidine groups is 1. The summed E-state index contributed by atoms with van der Waals surface area (Å²) in [5, 5.41) is 3.08. The lowest BCUT2D eigenvalue weighted by atomic mass is 10.2. The molecule has 3 aromatic carbocycles. The van der Waals surface area contributed by atoms with Crippen LogP contribution in [0, 0.1) is 0 Å². The Bertz CT molecular complexity index is 943. The Morgan fingerprint density at radius 2 is 1.64 bits per heavy atom. The third-order valence-corrected chi connectivity index (χ3v) is 3.99. The number of benzene rings is 3. The van der Waals surface area contributed by atoms with E-state index in [4.69, 9.17) is 19.9 Å². The van der Waals surface area contributed by atoms with E-state index in [2.05, 4.69) is 10.3 Å². The second kappa shape index (κ2) is 9.32. The van der Waals surface area contributed by atoms with Crippen LogP contribution in [0.4, 0.5) is 5.69 Å². The molecule has 0 saturated carbocycles. The van der Waals surface area contributed by atoms with Crippen LogP contribution in [0.3, 0.4) is 0 Å². The van der Waals surface area contributed by atoms with Gasteiger partial charge in [-0.05, 0) is 30.3 Å². The molecule has 0 unspecified atom stereocenters. The number of para-hydroxylation sites is 2. The Labute approximate surface area is 164 Å². The van der Waals surface area contributed by atoms with Gasteiger partial charge >= 0.3 is 0 Å². The van der Waals surface area contributed by atoms with E-state index >= 15 is 0 Å². The summed E-state index contributed by atoms with van der Waals surface area (Å²) in [5.74, 6) is 3.08. The van der Waals surface area contributed by atoms with Gasteiger partial charge in [-0.25, -0.2) is 4.99 Å². The molecular formula is C22H23N3O3. The number of methoxy groups -OCH3 is 2. The van der Waals surface area contributed by atoms with Crippen molar-refractivity contribution in [3.05, 3.63) is 78.4 Å². The molecule has 3 aromatic rings. The number of nitrogens with one attached hydrogen (secondary N) is 1. The molecule has 6 nitrogen and oxygen atoms in total. The van der Waals surface area contributed by atoms with Crippen molar-refractivity contribution >= 4 is 11.6 Å². The van der Waals surface area contributed by atoms with E-state index < -0.39 is 0 Å². The molecule has 0 aliphatic heterocycles. The molecule has 3 N–H and O–H groups in total. The minimum Gasteiger partial charge on any atom is -0.493 e. The Kier molecular flexibility index (Phi) is 6.36. The topological polar surface area (TPSA) is 78.1 Å². The zero-order valence-corrected chi connectivity index (χ0v) is 15.9. The van der Waals surface area contributed by atoms with Crippen molar-refractivity contribution in [3.63, 3.8) is 0 Å². The smallest absolute Gasteiger partial charge is 0.193 e. The monoisotopic (exact) mass is 377 g/mol. The van der Waals surface area contributed by atoms with Gasteiger partial charge in [0.15, 0.2) is 17.5 Å². The number of rotatable bonds is 7. The number of hydrogen-bond donors (Lipinski definition) is 2. The van der Waals surface area contributed by atoms with E-state index in [1.54, 1.807) is 14.2 Å². The fraction of sp³-hybridized carbons (Fsp3) is 0.136. The summed E-state index contributed by atoms with van der Waals surface area (Å²) < 4.78 is 16.6. The molecule has 0 atom stereocenters. The third kappa shape index (κ3) is 4.94. The van der Waals surface area contributed by atoms with Gasteiger partial charge in [-0.15, -0.1) is 0 Å². The fourth-order valence-corrected chi connectivity index (χ4v) is 2.70. The van der Waals surface area contributed by atoms with Crippen molar-refractivity contribution in [2.45, 2.75) is 6.54 Å². The van der Waals surface area contributed by atoms with Crippen molar-refractivity contribution in [2.24, 2.45) is 10.7 Å². The van der Waals surface area contributed by atoms with Gasteiger partial charge in [-0.3, -0.25) is 0 Å². The summed E-state index contributed by atoms with van der Waals surface area (Å²) in [6, 6.07) is 22.8. The summed E-state index contributed by atoms with van der Waals surface area (Å²) in [6.45, 7) is 0.361. The molecule has 144 valence electrons. The highest BCUT2D eigenvalue weighted by Crippen LogP contribution is 2.31. The molecule has 0 bridgehead atoms. The fourth-order valence-electron chi connectivity index (χ4n) is 2.70.